The zero-order valence-corrected chi connectivity index (χ0v) is 14.0. The molecule has 1 aliphatic rings. The zero-order valence-electron chi connectivity index (χ0n) is 14.0. The van der Waals surface area contributed by atoms with Crippen molar-refractivity contribution in [3.8, 4) is 5.75 Å². The van der Waals surface area contributed by atoms with Gasteiger partial charge in [-0.25, -0.2) is 0 Å². The van der Waals surface area contributed by atoms with Crippen LogP contribution in [0.25, 0.3) is 0 Å². The van der Waals surface area contributed by atoms with Crippen LogP contribution < -0.4 is 15.4 Å². The maximum Gasteiger partial charge on any atom is 0.119 e. The number of benzene rings is 2. The maximum absolute atomic E-state index is 6.34. The van der Waals surface area contributed by atoms with Gasteiger partial charge >= 0.3 is 0 Å². The van der Waals surface area contributed by atoms with Crippen LogP contribution in [-0.2, 0) is 0 Å². The normalized spacial score (nSPS) is 21.3. The van der Waals surface area contributed by atoms with Gasteiger partial charge in [0.15, 0.2) is 0 Å². The molecule has 2 aromatic carbocycles. The maximum atomic E-state index is 6.34. The number of piperidine rings is 1. The number of anilines is 1. The number of hydrogen-bond donors (Lipinski definition) is 1. The van der Waals surface area contributed by atoms with Crippen molar-refractivity contribution in [2.45, 2.75) is 32.2 Å². The first-order valence-corrected chi connectivity index (χ1v) is 8.45. The lowest BCUT2D eigenvalue weighted by atomic mass is 9.88. The predicted molar refractivity (Wildman–Crippen MR) is 96.3 cm³/mol. The summed E-state index contributed by atoms with van der Waals surface area (Å²) in [6.07, 6.45) is 1.04. The number of rotatable bonds is 4. The lowest BCUT2D eigenvalue weighted by molar-refractivity contribution is 0.340. The van der Waals surface area contributed by atoms with E-state index in [1.54, 1.807) is 0 Å². The molecular weight excluding hydrogens is 284 g/mol. The van der Waals surface area contributed by atoms with E-state index in [2.05, 4.69) is 60.4 Å². The van der Waals surface area contributed by atoms with Gasteiger partial charge in [-0.2, -0.15) is 0 Å². The molecule has 1 fully saturated rings. The molecule has 2 atom stereocenters. The van der Waals surface area contributed by atoms with Crippen molar-refractivity contribution in [2.75, 3.05) is 24.6 Å². The SMILES string of the molecule is CCOc1ccc(C2CC(N)CN(c3cccc(C)c3)C2)cc1. The standard InChI is InChI=1S/C20H26N2O/c1-3-23-20-9-7-16(8-10-20)17-12-18(21)14-22(13-17)19-6-4-5-15(2)11-19/h4-11,17-18H,3,12-14,21H2,1-2H3. The summed E-state index contributed by atoms with van der Waals surface area (Å²) in [5.74, 6) is 1.40. The van der Waals surface area contributed by atoms with Crippen LogP contribution in [0.4, 0.5) is 5.69 Å². The number of nitrogens with zero attached hydrogens (tertiary/aromatic N) is 1. The molecule has 0 bridgehead atoms. The molecule has 2 N–H and O–H groups in total. The Labute approximate surface area is 139 Å². The summed E-state index contributed by atoms with van der Waals surface area (Å²) in [6.45, 7) is 6.79. The fourth-order valence-electron chi connectivity index (χ4n) is 3.42. The number of hydrogen-bond acceptors (Lipinski definition) is 3. The molecule has 0 radical (unpaired) electrons. The molecule has 0 amide bonds. The summed E-state index contributed by atoms with van der Waals surface area (Å²) in [7, 11) is 0. The third kappa shape index (κ3) is 3.85. The first-order chi connectivity index (χ1) is 11.2. The summed E-state index contributed by atoms with van der Waals surface area (Å²) >= 11 is 0. The summed E-state index contributed by atoms with van der Waals surface area (Å²) in [6, 6.07) is 17.4. The third-order valence-corrected chi connectivity index (χ3v) is 4.51. The Morgan fingerprint density at radius 3 is 2.61 bits per heavy atom. The van der Waals surface area contributed by atoms with Crippen molar-refractivity contribution in [1.29, 1.82) is 0 Å². The number of nitrogens with two attached hydrogens (primary N) is 1. The summed E-state index contributed by atoms with van der Waals surface area (Å²) in [5, 5.41) is 0. The first-order valence-electron chi connectivity index (χ1n) is 8.45. The van der Waals surface area contributed by atoms with Gasteiger partial charge in [0.05, 0.1) is 6.61 Å². The van der Waals surface area contributed by atoms with E-state index in [0.29, 0.717) is 12.5 Å². The summed E-state index contributed by atoms with van der Waals surface area (Å²) < 4.78 is 5.54. The molecule has 23 heavy (non-hydrogen) atoms. The summed E-state index contributed by atoms with van der Waals surface area (Å²) in [4.78, 5) is 2.42. The highest BCUT2D eigenvalue weighted by Crippen LogP contribution is 2.30. The fourth-order valence-corrected chi connectivity index (χ4v) is 3.42. The van der Waals surface area contributed by atoms with E-state index in [0.717, 1.165) is 25.3 Å². The molecule has 0 aromatic heterocycles. The molecule has 3 rings (SSSR count). The van der Waals surface area contributed by atoms with Crippen molar-refractivity contribution >= 4 is 5.69 Å². The van der Waals surface area contributed by atoms with Crippen LogP contribution in [0.5, 0.6) is 5.75 Å². The van der Waals surface area contributed by atoms with Gasteiger partial charge in [-0.15, -0.1) is 0 Å². The van der Waals surface area contributed by atoms with Crippen molar-refractivity contribution in [1.82, 2.24) is 0 Å². The fraction of sp³-hybridized carbons (Fsp3) is 0.400. The van der Waals surface area contributed by atoms with E-state index in [4.69, 9.17) is 10.5 Å². The predicted octanol–water partition coefficient (Wildman–Crippen LogP) is 3.71. The highest BCUT2D eigenvalue weighted by atomic mass is 16.5. The number of aryl methyl sites for hydroxylation is 1. The van der Waals surface area contributed by atoms with E-state index >= 15 is 0 Å². The van der Waals surface area contributed by atoms with Crippen LogP contribution >= 0.6 is 0 Å². The molecule has 1 saturated heterocycles. The van der Waals surface area contributed by atoms with Crippen molar-refractivity contribution in [3.05, 3.63) is 59.7 Å². The molecule has 1 heterocycles. The van der Waals surface area contributed by atoms with Gasteiger partial charge in [0.1, 0.15) is 5.75 Å². The Morgan fingerprint density at radius 2 is 1.91 bits per heavy atom. The second-order valence-corrected chi connectivity index (χ2v) is 6.44. The summed E-state index contributed by atoms with van der Waals surface area (Å²) in [5.41, 5.74) is 10.3. The Kier molecular flexibility index (Phi) is 4.87. The molecule has 3 heteroatoms. The Balaban J connectivity index is 1.77. The topological polar surface area (TPSA) is 38.5 Å². The molecule has 1 aliphatic heterocycles. The van der Waals surface area contributed by atoms with E-state index in [1.807, 2.05) is 6.92 Å². The minimum Gasteiger partial charge on any atom is -0.494 e. The molecule has 0 spiro atoms. The second-order valence-electron chi connectivity index (χ2n) is 6.44. The molecule has 122 valence electrons. The van der Waals surface area contributed by atoms with Crippen LogP contribution in [0.2, 0.25) is 0 Å². The van der Waals surface area contributed by atoms with Crippen LogP contribution in [-0.4, -0.2) is 25.7 Å². The highest BCUT2D eigenvalue weighted by Gasteiger charge is 2.26. The zero-order chi connectivity index (χ0) is 16.2. The minimum absolute atomic E-state index is 0.209. The highest BCUT2D eigenvalue weighted by molar-refractivity contribution is 5.50. The number of ether oxygens (including phenoxy) is 1. The first kappa shape index (κ1) is 15.9. The monoisotopic (exact) mass is 310 g/mol. The van der Waals surface area contributed by atoms with Gasteiger partial charge in [0.2, 0.25) is 0 Å². The van der Waals surface area contributed by atoms with Gasteiger partial charge in [-0.05, 0) is 55.7 Å². The molecule has 3 nitrogen and oxygen atoms in total. The van der Waals surface area contributed by atoms with E-state index < -0.39 is 0 Å². The lowest BCUT2D eigenvalue weighted by Crippen LogP contribution is -2.46. The van der Waals surface area contributed by atoms with E-state index in [9.17, 15) is 0 Å². The van der Waals surface area contributed by atoms with Crippen molar-refractivity contribution in [2.24, 2.45) is 5.73 Å². The molecule has 2 aromatic rings. The van der Waals surface area contributed by atoms with Crippen LogP contribution in [0.1, 0.15) is 30.4 Å². The van der Waals surface area contributed by atoms with Crippen molar-refractivity contribution in [3.63, 3.8) is 0 Å². The molecule has 0 saturated carbocycles. The van der Waals surface area contributed by atoms with Gasteiger partial charge < -0.3 is 15.4 Å². The van der Waals surface area contributed by atoms with Gasteiger partial charge in [-0.1, -0.05) is 24.3 Å². The van der Waals surface area contributed by atoms with Crippen molar-refractivity contribution < 1.29 is 4.74 Å². The van der Waals surface area contributed by atoms with Gasteiger partial charge in [0, 0.05) is 30.7 Å². The van der Waals surface area contributed by atoms with E-state index in [-0.39, 0.29) is 6.04 Å². The minimum atomic E-state index is 0.209. The quantitative estimate of drug-likeness (QED) is 0.935. The lowest BCUT2D eigenvalue weighted by Gasteiger charge is -2.38. The van der Waals surface area contributed by atoms with Gasteiger partial charge in [0.25, 0.3) is 0 Å². The largest absolute Gasteiger partial charge is 0.494 e. The van der Waals surface area contributed by atoms with Gasteiger partial charge in [-0.3, -0.25) is 0 Å². The Hall–Kier alpha value is -2.00. The Morgan fingerprint density at radius 1 is 1.13 bits per heavy atom. The third-order valence-electron chi connectivity index (χ3n) is 4.51. The van der Waals surface area contributed by atoms with E-state index in [1.165, 1.54) is 16.8 Å². The Bertz CT molecular complexity index is 638. The average Bonchev–Trinajstić information content (AvgIpc) is 2.55. The molecular formula is C20H26N2O. The van der Waals surface area contributed by atoms with Crippen LogP contribution in [0.15, 0.2) is 48.5 Å². The second kappa shape index (κ2) is 7.05. The van der Waals surface area contributed by atoms with Crippen LogP contribution in [0.3, 0.4) is 0 Å². The van der Waals surface area contributed by atoms with Crippen LogP contribution in [0, 0.1) is 6.92 Å². The smallest absolute Gasteiger partial charge is 0.119 e. The average molecular weight is 310 g/mol. The molecule has 2 unspecified atom stereocenters. The molecule has 0 aliphatic carbocycles.